The minimum Gasteiger partial charge on any atom is -0.488 e. The van der Waals surface area contributed by atoms with Crippen LogP contribution in [0.5, 0.6) is 5.75 Å². The monoisotopic (exact) mass is 362 g/mol. The van der Waals surface area contributed by atoms with Crippen molar-refractivity contribution in [3.63, 3.8) is 0 Å². The van der Waals surface area contributed by atoms with Crippen molar-refractivity contribution in [1.82, 2.24) is 4.98 Å². The summed E-state index contributed by atoms with van der Waals surface area (Å²) in [4.78, 5) is 20.2. The van der Waals surface area contributed by atoms with E-state index in [0.29, 0.717) is 19.8 Å². The second-order valence-electron chi connectivity index (χ2n) is 6.51. The van der Waals surface area contributed by atoms with Gasteiger partial charge in [0.15, 0.2) is 0 Å². The van der Waals surface area contributed by atoms with Gasteiger partial charge in [0, 0.05) is 29.4 Å². The third-order valence-electron chi connectivity index (χ3n) is 4.76. The van der Waals surface area contributed by atoms with E-state index in [4.69, 9.17) is 9.47 Å². The normalized spacial score (nSPS) is 16.0. The number of carbonyl (C=O) groups is 1. The molecule has 1 N–H and O–H groups in total. The molecule has 0 amide bonds. The number of nitrogens with one attached hydrogen (secondary N) is 1. The first-order valence-corrected chi connectivity index (χ1v) is 9.24. The predicted octanol–water partition coefficient (Wildman–Crippen LogP) is 4.02. The highest BCUT2D eigenvalue weighted by Crippen LogP contribution is 2.36. The quantitative estimate of drug-likeness (QED) is 0.697. The summed E-state index contributed by atoms with van der Waals surface area (Å²) >= 11 is 0. The highest BCUT2D eigenvalue weighted by Gasteiger charge is 2.28. The van der Waals surface area contributed by atoms with E-state index in [9.17, 15) is 4.79 Å². The maximum absolute atomic E-state index is 12.4. The van der Waals surface area contributed by atoms with E-state index in [1.807, 2.05) is 55.5 Å². The van der Waals surface area contributed by atoms with Gasteiger partial charge in [-0.15, -0.1) is 0 Å². The van der Waals surface area contributed by atoms with Crippen LogP contribution in [0, 0.1) is 0 Å². The van der Waals surface area contributed by atoms with Crippen LogP contribution in [-0.4, -0.2) is 30.3 Å². The average Bonchev–Trinajstić information content (AvgIpc) is 2.93. The summed E-state index contributed by atoms with van der Waals surface area (Å²) in [5.74, 6) is 0.0397. The van der Waals surface area contributed by atoms with Gasteiger partial charge < -0.3 is 14.5 Å². The lowest BCUT2D eigenvalue weighted by Crippen LogP contribution is -2.18. The molecule has 0 aliphatic carbocycles. The smallest absolute Gasteiger partial charge is 0.320 e. The van der Waals surface area contributed by atoms with Crippen molar-refractivity contribution in [2.45, 2.75) is 25.9 Å². The first kappa shape index (κ1) is 17.3. The maximum atomic E-state index is 12.4. The van der Waals surface area contributed by atoms with Crippen LogP contribution in [0.1, 0.15) is 29.7 Å². The van der Waals surface area contributed by atoms with Crippen LogP contribution in [0.15, 0.2) is 53.5 Å². The van der Waals surface area contributed by atoms with Gasteiger partial charge in [0.25, 0.3) is 0 Å². The van der Waals surface area contributed by atoms with E-state index in [0.717, 1.165) is 39.9 Å². The molecule has 27 heavy (non-hydrogen) atoms. The molecule has 5 heteroatoms. The first-order valence-electron chi connectivity index (χ1n) is 9.24. The highest BCUT2D eigenvalue weighted by molar-refractivity contribution is 6.00. The molecule has 1 aliphatic heterocycles. The van der Waals surface area contributed by atoms with Crippen LogP contribution in [0.2, 0.25) is 0 Å². The molecule has 2 heterocycles. The molecule has 0 spiro atoms. The molecule has 2 aromatic carbocycles. The Morgan fingerprint density at radius 1 is 1.19 bits per heavy atom. The van der Waals surface area contributed by atoms with Crippen molar-refractivity contribution in [1.29, 1.82) is 0 Å². The van der Waals surface area contributed by atoms with Gasteiger partial charge in [0.05, 0.1) is 6.61 Å². The molecular formula is C22H22N2O3. The number of hydrogen-bond donors (Lipinski definition) is 1. The Bertz CT molecular complexity index is 976. The fourth-order valence-electron chi connectivity index (χ4n) is 3.52. The van der Waals surface area contributed by atoms with Crippen LogP contribution in [0.3, 0.4) is 0 Å². The Labute approximate surface area is 158 Å². The van der Waals surface area contributed by atoms with Crippen LogP contribution >= 0.6 is 0 Å². The van der Waals surface area contributed by atoms with Crippen molar-refractivity contribution in [2.75, 3.05) is 13.2 Å². The number of benzene rings is 2. The zero-order valence-corrected chi connectivity index (χ0v) is 15.3. The van der Waals surface area contributed by atoms with Crippen molar-refractivity contribution in [3.05, 3.63) is 65.4 Å². The zero-order chi connectivity index (χ0) is 18.6. The minimum absolute atomic E-state index is 0.275. The SMILES string of the molecule is CCOC(=O)C1C=NCCc2c1[nH]c1cccc(OCc3ccccc3)c21. The molecule has 0 radical (unpaired) electrons. The van der Waals surface area contributed by atoms with Crippen LogP contribution in [0.4, 0.5) is 0 Å². The van der Waals surface area contributed by atoms with E-state index >= 15 is 0 Å². The molecule has 1 aromatic heterocycles. The van der Waals surface area contributed by atoms with Gasteiger partial charge >= 0.3 is 5.97 Å². The number of aliphatic imine (C=N–C) groups is 1. The van der Waals surface area contributed by atoms with E-state index in [1.54, 1.807) is 6.21 Å². The molecule has 0 saturated heterocycles. The Morgan fingerprint density at radius 3 is 2.85 bits per heavy atom. The number of esters is 1. The van der Waals surface area contributed by atoms with Gasteiger partial charge in [-0.25, -0.2) is 0 Å². The Kier molecular flexibility index (Phi) is 4.92. The van der Waals surface area contributed by atoms with Crippen molar-refractivity contribution in [3.8, 4) is 5.75 Å². The largest absolute Gasteiger partial charge is 0.488 e. The average molecular weight is 362 g/mol. The lowest BCUT2D eigenvalue weighted by Gasteiger charge is -2.11. The van der Waals surface area contributed by atoms with E-state index in [1.165, 1.54) is 0 Å². The number of rotatable bonds is 5. The summed E-state index contributed by atoms with van der Waals surface area (Å²) < 4.78 is 11.4. The van der Waals surface area contributed by atoms with Gasteiger partial charge in [0.1, 0.15) is 18.3 Å². The van der Waals surface area contributed by atoms with Crippen molar-refractivity contribution < 1.29 is 14.3 Å². The second-order valence-corrected chi connectivity index (χ2v) is 6.51. The lowest BCUT2D eigenvalue weighted by atomic mass is 10.00. The number of fused-ring (bicyclic) bond motifs is 3. The van der Waals surface area contributed by atoms with Crippen molar-refractivity contribution >= 4 is 23.1 Å². The van der Waals surface area contributed by atoms with Gasteiger partial charge in [0.2, 0.25) is 0 Å². The van der Waals surface area contributed by atoms with E-state index in [2.05, 4.69) is 9.98 Å². The fraction of sp³-hybridized carbons (Fsp3) is 0.273. The van der Waals surface area contributed by atoms with Crippen molar-refractivity contribution in [2.24, 2.45) is 4.99 Å². The fourth-order valence-corrected chi connectivity index (χ4v) is 3.52. The molecule has 1 aliphatic rings. The van der Waals surface area contributed by atoms with Crippen LogP contribution in [-0.2, 0) is 22.6 Å². The van der Waals surface area contributed by atoms with E-state index in [-0.39, 0.29) is 5.97 Å². The molecule has 5 nitrogen and oxygen atoms in total. The number of aromatic nitrogens is 1. The summed E-state index contributed by atoms with van der Waals surface area (Å²) in [6.45, 7) is 3.30. The van der Waals surface area contributed by atoms with Crippen LogP contribution < -0.4 is 4.74 Å². The number of ether oxygens (including phenoxy) is 2. The maximum Gasteiger partial charge on any atom is 0.320 e. The Balaban J connectivity index is 1.72. The molecule has 4 rings (SSSR count). The summed E-state index contributed by atoms with van der Waals surface area (Å²) in [7, 11) is 0. The summed E-state index contributed by atoms with van der Waals surface area (Å²) in [5, 5.41) is 1.03. The number of H-pyrrole nitrogens is 1. The summed E-state index contributed by atoms with van der Waals surface area (Å²) in [6.07, 6.45) is 2.46. The van der Waals surface area contributed by atoms with Gasteiger partial charge in [-0.1, -0.05) is 36.4 Å². The number of aromatic amines is 1. The van der Waals surface area contributed by atoms with Gasteiger partial charge in [-0.3, -0.25) is 9.79 Å². The van der Waals surface area contributed by atoms with Gasteiger partial charge in [-0.2, -0.15) is 0 Å². The molecule has 0 bridgehead atoms. The minimum atomic E-state index is -0.503. The second kappa shape index (κ2) is 7.66. The highest BCUT2D eigenvalue weighted by atomic mass is 16.5. The first-order chi connectivity index (χ1) is 13.3. The molecule has 138 valence electrons. The number of nitrogens with zero attached hydrogens (tertiary/aromatic N) is 1. The summed E-state index contributed by atoms with van der Waals surface area (Å²) in [5.41, 5.74) is 4.03. The Hall–Kier alpha value is -3.08. The molecule has 3 aromatic rings. The molecule has 0 saturated carbocycles. The molecule has 1 atom stereocenters. The molecular weight excluding hydrogens is 340 g/mol. The topological polar surface area (TPSA) is 63.7 Å². The predicted molar refractivity (Wildman–Crippen MR) is 106 cm³/mol. The molecule has 0 fully saturated rings. The van der Waals surface area contributed by atoms with Crippen LogP contribution in [0.25, 0.3) is 10.9 Å². The van der Waals surface area contributed by atoms with E-state index < -0.39 is 5.92 Å². The zero-order valence-electron chi connectivity index (χ0n) is 15.3. The molecule has 1 unspecified atom stereocenters. The standard InChI is InChI=1S/C22H22N2O3/c1-2-26-22(25)17-13-23-12-11-16-20-18(24-21(16)17)9-6-10-19(20)27-14-15-7-4-3-5-8-15/h3-10,13,17,24H,2,11-12,14H2,1H3. The Morgan fingerprint density at radius 2 is 2.04 bits per heavy atom. The third-order valence-corrected chi connectivity index (χ3v) is 4.76. The van der Waals surface area contributed by atoms with Gasteiger partial charge in [-0.05, 0) is 36.6 Å². The number of carbonyl (C=O) groups excluding carboxylic acids is 1. The third kappa shape index (κ3) is 3.45. The summed E-state index contributed by atoms with van der Waals surface area (Å²) in [6, 6.07) is 16.0. The number of hydrogen-bond acceptors (Lipinski definition) is 4. The lowest BCUT2D eigenvalue weighted by molar-refractivity contribution is -0.143.